The van der Waals surface area contributed by atoms with E-state index >= 15 is 0 Å². The van der Waals surface area contributed by atoms with Gasteiger partial charge in [-0.25, -0.2) is 9.67 Å². The molecule has 0 bridgehead atoms. The van der Waals surface area contributed by atoms with Gasteiger partial charge in [-0.15, -0.1) is 0 Å². The Hall–Kier alpha value is -1.15. The minimum absolute atomic E-state index is 0.00773. The van der Waals surface area contributed by atoms with Crippen molar-refractivity contribution < 1.29 is 17.9 Å². The standard InChI is InChI=1S/C13H23F3N4O/c1-10(2)7-20-12(18-9-19-20)6-11(17-3)4-5-21-8-13(14,15)16/h9-11,17H,4-8H2,1-3H3. The molecule has 0 aliphatic carbocycles. The number of hydrogen-bond acceptors (Lipinski definition) is 4. The number of nitrogens with zero attached hydrogens (tertiary/aromatic N) is 3. The van der Waals surface area contributed by atoms with Gasteiger partial charge in [-0.05, 0) is 19.4 Å². The van der Waals surface area contributed by atoms with Crippen LogP contribution in [0.4, 0.5) is 13.2 Å². The molecule has 122 valence electrons. The highest BCUT2D eigenvalue weighted by Gasteiger charge is 2.27. The molecule has 1 atom stereocenters. The first-order valence-corrected chi connectivity index (χ1v) is 7.00. The maximum atomic E-state index is 12.0. The van der Waals surface area contributed by atoms with Crippen molar-refractivity contribution in [3.63, 3.8) is 0 Å². The van der Waals surface area contributed by atoms with Gasteiger partial charge in [0, 0.05) is 25.6 Å². The van der Waals surface area contributed by atoms with Crippen molar-refractivity contribution in [2.75, 3.05) is 20.3 Å². The molecule has 1 aromatic heterocycles. The van der Waals surface area contributed by atoms with Crippen LogP contribution in [0.15, 0.2) is 6.33 Å². The Morgan fingerprint density at radius 1 is 1.38 bits per heavy atom. The lowest BCUT2D eigenvalue weighted by Crippen LogP contribution is -2.31. The van der Waals surface area contributed by atoms with Crippen LogP contribution in [0.2, 0.25) is 0 Å². The fraction of sp³-hybridized carbons (Fsp3) is 0.846. The van der Waals surface area contributed by atoms with Crippen molar-refractivity contribution in [3.8, 4) is 0 Å². The van der Waals surface area contributed by atoms with Crippen molar-refractivity contribution in [2.24, 2.45) is 5.92 Å². The summed E-state index contributed by atoms with van der Waals surface area (Å²) >= 11 is 0. The van der Waals surface area contributed by atoms with Gasteiger partial charge < -0.3 is 10.1 Å². The van der Waals surface area contributed by atoms with Gasteiger partial charge in [0.05, 0.1) is 0 Å². The van der Waals surface area contributed by atoms with Crippen molar-refractivity contribution in [2.45, 2.75) is 45.5 Å². The second-order valence-corrected chi connectivity index (χ2v) is 5.40. The molecule has 1 N–H and O–H groups in total. The summed E-state index contributed by atoms with van der Waals surface area (Å²) in [6.45, 7) is 3.81. The summed E-state index contributed by atoms with van der Waals surface area (Å²) in [5.41, 5.74) is 0. The molecule has 1 unspecified atom stereocenters. The molecule has 1 heterocycles. The SMILES string of the molecule is CNC(CCOCC(F)(F)F)Cc1ncnn1CC(C)C. The van der Waals surface area contributed by atoms with Crippen molar-refractivity contribution >= 4 is 0 Å². The summed E-state index contributed by atoms with van der Waals surface area (Å²) in [7, 11) is 1.78. The molecule has 0 spiro atoms. The first-order chi connectivity index (χ1) is 9.81. The van der Waals surface area contributed by atoms with Crippen LogP contribution in [-0.4, -0.2) is 47.2 Å². The molecule has 8 heteroatoms. The topological polar surface area (TPSA) is 52.0 Å². The Bertz CT molecular complexity index is 406. The predicted octanol–water partition coefficient (Wildman–Crippen LogP) is 2.03. The number of aromatic nitrogens is 3. The highest BCUT2D eigenvalue weighted by atomic mass is 19.4. The van der Waals surface area contributed by atoms with Gasteiger partial charge in [-0.1, -0.05) is 13.8 Å². The van der Waals surface area contributed by atoms with E-state index in [9.17, 15) is 13.2 Å². The summed E-state index contributed by atoms with van der Waals surface area (Å²) < 4.78 is 42.4. The normalized spacial score (nSPS) is 13.9. The lowest BCUT2D eigenvalue weighted by atomic mass is 10.1. The molecular formula is C13H23F3N4O. The molecular weight excluding hydrogens is 285 g/mol. The first kappa shape index (κ1) is 17.9. The van der Waals surface area contributed by atoms with E-state index in [2.05, 4.69) is 34.0 Å². The average molecular weight is 308 g/mol. The second-order valence-electron chi connectivity index (χ2n) is 5.40. The van der Waals surface area contributed by atoms with E-state index in [4.69, 9.17) is 0 Å². The summed E-state index contributed by atoms with van der Waals surface area (Å²) in [5, 5.41) is 7.25. The van der Waals surface area contributed by atoms with Crippen LogP contribution in [0, 0.1) is 5.92 Å². The van der Waals surface area contributed by atoms with Crippen LogP contribution in [0.5, 0.6) is 0 Å². The molecule has 0 saturated carbocycles. The Morgan fingerprint density at radius 2 is 2.10 bits per heavy atom. The van der Waals surface area contributed by atoms with Crippen LogP contribution in [-0.2, 0) is 17.7 Å². The minimum Gasteiger partial charge on any atom is -0.372 e. The maximum absolute atomic E-state index is 12.0. The smallest absolute Gasteiger partial charge is 0.372 e. The average Bonchev–Trinajstić information content (AvgIpc) is 2.78. The van der Waals surface area contributed by atoms with Crippen LogP contribution >= 0.6 is 0 Å². The predicted molar refractivity (Wildman–Crippen MR) is 72.9 cm³/mol. The van der Waals surface area contributed by atoms with E-state index in [0.717, 1.165) is 12.4 Å². The van der Waals surface area contributed by atoms with Gasteiger partial charge in [0.15, 0.2) is 0 Å². The quantitative estimate of drug-likeness (QED) is 0.709. The number of ether oxygens (including phenoxy) is 1. The Morgan fingerprint density at radius 3 is 2.67 bits per heavy atom. The molecule has 0 amide bonds. The zero-order chi connectivity index (χ0) is 15.9. The summed E-state index contributed by atoms with van der Waals surface area (Å²) in [5.74, 6) is 1.28. The molecule has 1 aromatic rings. The number of likely N-dealkylation sites (N-methyl/N-ethyl adjacent to an activating group) is 1. The number of halogens is 3. The molecule has 0 fully saturated rings. The first-order valence-electron chi connectivity index (χ1n) is 7.00. The van der Waals surface area contributed by atoms with Crippen LogP contribution in [0.25, 0.3) is 0 Å². The van der Waals surface area contributed by atoms with E-state index in [1.807, 2.05) is 4.68 Å². The van der Waals surface area contributed by atoms with Crippen LogP contribution in [0.3, 0.4) is 0 Å². The van der Waals surface area contributed by atoms with E-state index in [0.29, 0.717) is 18.8 Å². The van der Waals surface area contributed by atoms with Crippen LogP contribution in [0.1, 0.15) is 26.1 Å². The molecule has 5 nitrogen and oxygen atoms in total. The Balaban J connectivity index is 2.42. The number of rotatable bonds is 9. The number of alkyl halides is 3. The van der Waals surface area contributed by atoms with Gasteiger partial charge in [0.1, 0.15) is 18.8 Å². The van der Waals surface area contributed by atoms with Gasteiger partial charge in [-0.3, -0.25) is 0 Å². The fourth-order valence-corrected chi connectivity index (χ4v) is 1.93. The van der Waals surface area contributed by atoms with Crippen molar-refractivity contribution in [3.05, 3.63) is 12.2 Å². The van der Waals surface area contributed by atoms with E-state index < -0.39 is 12.8 Å². The third-order valence-electron chi connectivity index (χ3n) is 2.95. The lowest BCUT2D eigenvalue weighted by Gasteiger charge is -2.17. The highest BCUT2D eigenvalue weighted by Crippen LogP contribution is 2.14. The summed E-state index contributed by atoms with van der Waals surface area (Å²) in [6, 6.07) is 0.00773. The minimum atomic E-state index is -4.27. The molecule has 0 aliphatic rings. The zero-order valence-corrected chi connectivity index (χ0v) is 12.7. The van der Waals surface area contributed by atoms with E-state index in [-0.39, 0.29) is 12.6 Å². The van der Waals surface area contributed by atoms with Gasteiger partial charge in [0.25, 0.3) is 0 Å². The molecule has 0 aromatic carbocycles. The molecule has 0 radical (unpaired) electrons. The lowest BCUT2D eigenvalue weighted by molar-refractivity contribution is -0.174. The largest absolute Gasteiger partial charge is 0.411 e. The second kappa shape index (κ2) is 8.33. The molecule has 0 saturated heterocycles. The van der Waals surface area contributed by atoms with Crippen LogP contribution < -0.4 is 5.32 Å². The zero-order valence-electron chi connectivity index (χ0n) is 12.7. The summed E-state index contributed by atoms with van der Waals surface area (Å²) in [4.78, 5) is 4.22. The van der Waals surface area contributed by atoms with E-state index in [1.54, 1.807) is 7.05 Å². The Labute approximate surface area is 122 Å². The summed E-state index contributed by atoms with van der Waals surface area (Å²) in [6.07, 6.45) is -1.67. The van der Waals surface area contributed by atoms with Gasteiger partial charge in [0.2, 0.25) is 0 Å². The van der Waals surface area contributed by atoms with Gasteiger partial charge >= 0.3 is 6.18 Å². The fourth-order valence-electron chi connectivity index (χ4n) is 1.93. The molecule has 21 heavy (non-hydrogen) atoms. The third kappa shape index (κ3) is 7.42. The van der Waals surface area contributed by atoms with Gasteiger partial charge in [-0.2, -0.15) is 18.3 Å². The highest BCUT2D eigenvalue weighted by molar-refractivity contribution is 4.89. The molecule has 1 rings (SSSR count). The van der Waals surface area contributed by atoms with Crippen molar-refractivity contribution in [1.29, 1.82) is 0 Å². The Kier molecular flexibility index (Phi) is 7.10. The van der Waals surface area contributed by atoms with E-state index in [1.165, 1.54) is 6.33 Å². The number of nitrogens with one attached hydrogen (secondary N) is 1. The third-order valence-corrected chi connectivity index (χ3v) is 2.95. The monoisotopic (exact) mass is 308 g/mol. The molecule has 0 aliphatic heterocycles. The van der Waals surface area contributed by atoms with Crippen molar-refractivity contribution in [1.82, 2.24) is 20.1 Å². The maximum Gasteiger partial charge on any atom is 0.411 e. The number of hydrogen-bond donors (Lipinski definition) is 1.